The van der Waals surface area contributed by atoms with Crippen molar-refractivity contribution in [3.05, 3.63) is 46.5 Å². The van der Waals surface area contributed by atoms with Crippen molar-refractivity contribution in [2.45, 2.75) is 45.8 Å². The maximum atomic E-state index is 14.3. The van der Waals surface area contributed by atoms with Crippen molar-refractivity contribution in [2.75, 3.05) is 11.4 Å². The Morgan fingerprint density at radius 3 is 2.69 bits per heavy atom. The first-order valence-electron chi connectivity index (χ1n) is 9.71. The molecule has 1 aliphatic heterocycles. The van der Waals surface area contributed by atoms with Crippen LogP contribution in [0, 0.1) is 5.82 Å². The lowest BCUT2D eigenvalue weighted by Gasteiger charge is -2.32. The van der Waals surface area contributed by atoms with Gasteiger partial charge in [0.1, 0.15) is 18.1 Å². The number of rotatable bonds is 4. The lowest BCUT2D eigenvalue weighted by atomic mass is 9.76. The number of benzene rings is 1. The third kappa shape index (κ3) is 3.56. The highest BCUT2D eigenvalue weighted by atomic mass is 19.1. The van der Waals surface area contributed by atoms with Gasteiger partial charge in [-0.25, -0.2) is 4.39 Å². The molecule has 1 aromatic heterocycles. The molecular formula is C20H22BFN2O5. The second-order valence-electron chi connectivity index (χ2n) is 7.46. The maximum absolute atomic E-state index is 14.3. The third-order valence-electron chi connectivity index (χ3n) is 5.63. The molecule has 2 heterocycles. The Kier molecular flexibility index (Phi) is 5.18. The van der Waals surface area contributed by atoms with Gasteiger partial charge >= 0.3 is 13.1 Å². The Balaban J connectivity index is 1.77. The Labute approximate surface area is 167 Å². The summed E-state index contributed by atoms with van der Waals surface area (Å²) >= 11 is 0. The fourth-order valence-corrected chi connectivity index (χ4v) is 4.31. The van der Waals surface area contributed by atoms with Crippen molar-refractivity contribution >= 4 is 30.1 Å². The summed E-state index contributed by atoms with van der Waals surface area (Å²) in [4.78, 5) is 26.0. The number of hydrogen-bond acceptors (Lipinski definition) is 5. The Bertz CT molecular complexity index is 988. The van der Waals surface area contributed by atoms with Crippen molar-refractivity contribution in [2.24, 2.45) is 0 Å². The standard InChI is InChI=1S/C20H22BFN2O5/c1-12(25)29-11-15-16(21(27)28)9-14(22)10-18(15)24-7-6-23-17-5-3-2-4-13(17)8-19(23)20(24)26/h8-10,27-28H,2-7,11H2,1H3. The predicted molar refractivity (Wildman–Crippen MR) is 104 cm³/mol. The molecule has 1 amide bonds. The molecular weight excluding hydrogens is 378 g/mol. The average Bonchev–Trinajstić information content (AvgIpc) is 3.06. The van der Waals surface area contributed by atoms with Crippen LogP contribution in [0.3, 0.4) is 0 Å². The van der Waals surface area contributed by atoms with Gasteiger partial charge in [-0.05, 0) is 54.9 Å². The summed E-state index contributed by atoms with van der Waals surface area (Å²) in [5.74, 6) is -1.55. The molecule has 0 bridgehead atoms. The first-order chi connectivity index (χ1) is 13.9. The van der Waals surface area contributed by atoms with Crippen molar-refractivity contribution in [3.8, 4) is 0 Å². The van der Waals surface area contributed by atoms with E-state index in [0.717, 1.165) is 31.7 Å². The number of hydrogen-bond donors (Lipinski definition) is 2. The molecule has 29 heavy (non-hydrogen) atoms. The SMILES string of the molecule is CC(=O)OCc1c(B(O)O)cc(F)cc1N1CCn2c(cc3c2CCCC3)C1=O. The number of aromatic nitrogens is 1. The molecule has 0 unspecified atom stereocenters. The van der Waals surface area contributed by atoms with E-state index in [0.29, 0.717) is 18.8 Å². The second-order valence-corrected chi connectivity index (χ2v) is 7.46. The summed E-state index contributed by atoms with van der Waals surface area (Å²) in [5.41, 5.74) is 3.20. The van der Waals surface area contributed by atoms with Crippen LogP contribution in [-0.4, -0.2) is 40.2 Å². The number of esters is 1. The van der Waals surface area contributed by atoms with Gasteiger partial charge in [0, 0.05) is 31.3 Å². The summed E-state index contributed by atoms with van der Waals surface area (Å²) in [7, 11) is -1.97. The van der Waals surface area contributed by atoms with Crippen LogP contribution in [-0.2, 0) is 35.5 Å². The van der Waals surface area contributed by atoms with E-state index in [-0.39, 0.29) is 29.2 Å². The molecule has 2 aliphatic rings. The van der Waals surface area contributed by atoms with E-state index < -0.39 is 18.9 Å². The number of nitrogens with zero attached hydrogens (tertiary/aromatic N) is 2. The fourth-order valence-electron chi connectivity index (χ4n) is 4.31. The molecule has 9 heteroatoms. The average molecular weight is 400 g/mol. The van der Waals surface area contributed by atoms with Crippen LogP contribution < -0.4 is 10.4 Å². The molecule has 2 aromatic rings. The molecule has 0 saturated carbocycles. The van der Waals surface area contributed by atoms with E-state index in [1.807, 2.05) is 10.6 Å². The van der Waals surface area contributed by atoms with Gasteiger partial charge in [-0.2, -0.15) is 0 Å². The monoisotopic (exact) mass is 400 g/mol. The number of aryl methyl sites for hydroxylation is 1. The second kappa shape index (κ2) is 7.64. The Morgan fingerprint density at radius 1 is 1.21 bits per heavy atom. The van der Waals surface area contributed by atoms with E-state index in [2.05, 4.69) is 0 Å². The summed E-state index contributed by atoms with van der Waals surface area (Å²) in [6.45, 7) is 1.81. The van der Waals surface area contributed by atoms with Gasteiger partial charge in [0.05, 0.1) is 5.69 Å². The molecule has 152 valence electrons. The molecule has 0 atom stereocenters. The summed E-state index contributed by atoms with van der Waals surface area (Å²) in [6.07, 6.45) is 4.09. The summed E-state index contributed by atoms with van der Waals surface area (Å²) in [5, 5.41) is 19.4. The summed E-state index contributed by atoms with van der Waals surface area (Å²) < 4.78 is 21.3. The van der Waals surface area contributed by atoms with E-state index in [1.165, 1.54) is 29.1 Å². The highest BCUT2D eigenvalue weighted by Gasteiger charge is 2.33. The van der Waals surface area contributed by atoms with Gasteiger partial charge in [-0.3, -0.25) is 9.59 Å². The van der Waals surface area contributed by atoms with Gasteiger partial charge in [0.2, 0.25) is 0 Å². The number of carbonyl (C=O) groups is 2. The van der Waals surface area contributed by atoms with E-state index in [1.54, 1.807) is 0 Å². The highest BCUT2D eigenvalue weighted by molar-refractivity contribution is 6.59. The minimum atomic E-state index is -1.97. The summed E-state index contributed by atoms with van der Waals surface area (Å²) in [6, 6.07) is 4.06. The number of ether oxygens (including phenoxy) is 1. The minimum absolute atomic E-state index is 0.130. The van der Waals surface area contributed by atoms with Crippen molar-refractivity contribution < 1.29 is 28.8 Å². The zero-order valence-corrected chi connectivity index (χ0v) is 16.2. The zero-order chi connectivity index (χ0) is 20.7. The van der Waals surface area contributed by atoms with Crippen LogP contribution in [0.2, 0.25) is 0 Å². The highest BCUT2D eigenvalue weighted by Crippen LogP contribution is 2.31. The van der Waals surface area contributed by atoms with Crippen LogP contribution in [0.15, 0.2) is 18.2 Å². The van der Waals surface area contributed by atoms with Gasteiger partial charge in [0.25, 0.3) is 5.91 Å². The van der Waals surface area contributed by atoms with Gasteiger partial charge < -0.3 is 24.3 Å². The van der Waals surface area contributed by atoms with Crippen molar-refractivity contribution in [3.63, 3.8) is 0 Å². The van der Waals surface area contributed by atoms with Crippen LogP contribution in [0.5, 0.6) is 0 Å². The molecule has 2 N–H and O–H groups in total. The molecule has 0 fully saturated rings. The fraction of sp³-hybridized carbons (Fsp3) is 0.400. The molecule has 0 saturated heterocycles. The topological polar surface area (TPSA) is 92.0 Å². The Morgan fingerprint density at radius 2 is 1.97 bits per heavy atom. The van der Waals surface area contributed by atoms with Crippen molar-refractivity contribution in [1.29, 1.82) is 0 Å². The Hall–Kier alpha value is -2.65. The minimum Gasteiger partial charge on any atom is -0.461 e. The normalized spacial score (nSPS) is 15.7. The van der Waals surface area contributed by atoms with E-state index >= 15 is 0 Å². The van der Waals surface area contributed by atoms with Gasteiger partial charge in [0.15, 0.2) is 0 Å². The van der Waals surface area contributed by atoms with Crippen molar-refractivity contribution in [1.82, 2.24) is 4.57 Å². The molecule has 0 radical (unpaired) electrons. The first-order valence-corrected chi connectivity index (χ1v) is 9.71. The van der Waals surface area contributed by atoms with Crippen LogP contribution in [0.4, 0.5) is 10.1 Å². The number of anilines is 1. The number of amides is 1. The number of carbonyl (C=O) groups excluding carboxylic acids is 2. The number of halogens is 1. The maximum Gasteiger partial charge on any atom is 0.489 e. The first kappa shape index (κ1) is 19.7. The van der Waals surface area contributed by atoms with Crippen LogP contribution >= 0.6 is 0 Å². The van der Waals surface area contributed by atoms with Gasteiger partial charge in [-0.15, -0.1) is 0 Å². The van der Waals surface area contributed by atoms with Gasteiger partial charge in [-0.1, -0.05) is 0 Å². The lowest BCUT2D eigenvalue weighted by molar-refractivity contribution is -0.142. The van der Waals surface area contributed by atoms with Crippen LogP contribution in [0.1, 0.15) is 47.1 Å². The van der Waals surface area contributed by atoms with E-state index in [4.69, 9.17) is 4.74 Å². The molecule has 7 nitrogen and oxygen atoms in total. The lowest BCUT2D eigenvalue weighted by Crippen LogP contribution is -2.43. The third-order valence-corrected chi connectivity index (χ3v) is 5.63. The van der Waals surface area contributed by atoms with E-state index in [9.17, 15) is 24.0 Å². The molecule has 0 spiro atoms. The number of fused-ring (bicyclic) bond motifs is 3. The molecule has 1 aliphatic carbocycles. The largest absolute Gasteiger partial charge is 0.489 e. The predicted octanol–water partition coefficient (Wildman–Crippen LogP) is 0.909. The van der Waals surface area contributed by atoms with Crippen LogP contribution in [0.25, 0.3) is 0 Å². The quantitative estimate of drug-likeness (QED) is 0.588. The zero-order valence-electron chi connectivity index (χ0n) is 16.2. The molecule has 4 rings (SSSR count). The molecule has 1 aromatic carbocycles. The smallest absolute Gasteiger partial charge is 0.461 e.